The van der Waals surface area contributed by atoms with Crippen LogP contribution in [0, 0.1) is 6.92 Å². The normalized spacial score (nSPS) is 10.9. The number of halogens is 1. The SMILES string of the molecule is Cc1cccc(CN(C)CCCBr)c1. The molecule has 0 aromatic heterocycles. The Kier molecular flexibility index (Phi) is 5.20. The van der Waals surface area contributed by atoms with Gasteiger partial charge in [-0.05, 0) is 32.5 Å². The summed E-state index contributed by atoms with van der Waals surface area (Å²) in [5, 5.41) is 1.09. The molecule has 14 heavy (non-hydrogen) atoms. The lowest BCUT2D eigenvalue weighted by Gasteiger charge is -2.16. The van der Waals surface area contributed by atoms with E-state index in [0.29, 0.717) is 0 Å². The molecule has 0 aliphatic heterocycles. The minimum Gasteiger partial charge on any atom is -0.302 e. The Balaban J connectivity index is 2.43. The lowest BCUT2D eigenvalue weighted by atomic mass is 10.1. The lowest BCUT2D eigenvalue weighted by Crippen LogP contribution is -2.19. The molecule has 0 saturated carbocycles. The number of benzene rings is 1. The maximum absolute atomic E-state index is 3.45. The molecule has 0 N–H and O–H groups in total. The minimum atomic E-state index is 1.05. The van der Waals surface area contributed by atoms with E-state index in [9.17, 15) is 0 Å². The van der Waals surface area contributed by atoms with Crippen LogP contribution in [0.4, 0.5) is 0 Å². The standard InChI is InChI=1S/C12H18BrN/c1-11-5-3-6-12(9-11)10-14(2)8-4-7-13/h3,5-6,9H,4,7-8,10H2,1-2H3. The molecule has 1 nitrogen and oxygen atoms in total. The Hall–Kier alpha value is -0.340. The van der Waals surface area contributed by atoms with Gasteiger partial charge in [0.05, 0.1) is 0 Å². The van der Waals surface area contributed by atoms with Crippen molar-refractivity contribution in [2.75, 3.05) is 18.9 Å². The van der Waals surface area contributed by atoms with Gasteiger partial charge in [-0.1, -0.05) is 45.8 Å². The van der Waals surface area contributed by atoms with Crippen molar-refractivity contribution in [3.05, 3.63) is 35.4 Å². The van der Waals surface area contributed by atoms with Crippen molar-refractivity contribution in [2.24, 2.45) is 0 Å². The Morgan fingerprint density at radius 2 is 2.14 bits per heavy atom. The van der Waals surface area contributed by atoms with Crippen LogP contribution >= 0.6 is 15.9 Å². The highest BCUT2D eigenvalue weighted by atomic mass is 79.9. The van der Waals surface area contributed by atoms with E-state index in [1.807, 2.05) is 0 Å². The predicted octanol–water partition coefficient (Wildman–Crippen LogP) is 3.21. The van der Waals surface area contributed by atoms with Gasteiger partial charge in [0.1, 0.15) is 0 Å². The van der Waals surface area contributed by atoms with Crippen LogP contribution in [0.1, 0.15) is 17.5 Å². The highest BCUT2D eigenvalue weighted by molar-refractivity contribution is 9.09. The van der Waals surface area contributed by atoms with Crippen molar-refractivity contribution in [1.82, 2.24) is 4.90 Å². The zero-order valence-electron chi connectivity index (χ0n) is 8.96. The maximum Gasteiger partial charge on any atom is 0.0230 e. The average molecular weight is 256 g/mol. The smallest absolute Gasteiger partial charge is 0.0230 e. The highest BCUT2D eigenvalue weighted by Gasteiger charge is 1.99. The fourth-order valence-corrected chi connectivity index (χ4v) is 1.78. The molecular formula is C12H18BrN. The second-order valence-electron chi connectivity index (χ2n) is 3.77. The summed E-state index contributed by atoms with van der Waals surface area (Å²) in [6, 6.07) is 8.72. The maximum atomic E-state index is 3.45. The van der Waals surface area contributed by atoms with Crippen molar-refractivity contribution in [2.45, 2.75) is 19.9 Å². The lowest BCUT2D eigenvalue weighted by molar-refractivity contribution is 0.329. The van der Waals surface area contributed by atoms with E-state index in [2.05, 4.69) is 59.1 Å². The summed E-state index contributed by atoms with van der Waals surface area (Å²) < 4.78 is 0. The molecule has 0 radical (unpaired) electrons. The molecule has 0 bridgehead atoms. The fourth-order valence-electron chi connectivity index (χ4n) is 1.53. The number of alkyl halides is 1. The molecule has 0 heterocycles. The molecule has 0 spiro atoms. The van der Waals surface area contributed by atoms with Gasteiger partial charge < -0.3 is 4.90 Å². The summed E-state index contributed by atoms with van der Waals surface area (Å²) in [6.45, 7) is 4.34. The first-order chi connectivity index (χ1) is 6.72. The molecule has 0 saturated heterocycles. The number of hydrogen-bond donors (Lipinski definition) is 0. The predicted molar refractivity (Wildman–Crippen MR) is 65.9 cm³/mol. The third-order valence-corrected chi connectivity index (χ3v) is 2.77. The van der Waals surface area contributed by atoms with Crippen molar-refractivity contribution in [3.8, 4) is 0 Å². The zero-order chi connectivity index (χ0) is 10.4. The molecule has 1 aromatic carbocycles. The van der Waals surface area contributed by atoms with Gasteiger partial charge in [-0.15, -0.1) is 0 Å². The summed E-state index contributed by atoms with van der Waals surface area (Å²) in [7, 11) is 2.17. The molecule has 0 amide bonds. The second kappa shape index (κ2) is 6.20. The molecule has 78 valence electrons. The topological polar surface area (TPSA) is 3.24 Å². The Morgan fingerprint density at radius 1 is 1.36 bits per heavy atom. The summed E-state index contributed by atoms with van der Waals surface area (Å²) in [4.78, 5) is 2.36. The Labute approximate surface area is 95.2 Å². The van der Waals surface area contributed by atoms with Crippen LogP contribution < -0.4 is 0 Å². The van der Waals surface area contributed by atoms with Gasteiger partial charge in [0.25, 0.3) is 0 Å². The summed E-state index contributed by atoms with van der Waals surface area (Å²) in [6.07, 6.45) is 1.21. The van der Waals surface area contributed by atoms with Crippen molar-refractivity contribution in [3.63, 3.8) is 0 Å². The number of rotatable bonds is 5. The van der Waals surface area contributed by atoms with Gasteiger partial charge in [0, 0.05) is 11.9 Å². The number of aryl methyl sites for hydroxylation is 1. The van der Waals surface area contributed by atoms with Crippen molar-refractivity contribution < 1.29 is 0 Å². The van der Waals surface area contributed by atoms with E-state index in [1.54, 1.807) is 0 Å². The minimum absolute atomic E-state index is 1.05. The molecule has 0 aliphatic rings. The number of nitrogens with zero attached hydrogens (tertiary/aromatic N) is 1. The van der Waals surface area contributed by atoms with Gasteiger partial charge in [-0.25, -0.2) is 0 Å². The van der Waals surface area contributed by atoms with Gasteiger partial charge in [-0.2, -0.15) is 0 Å². The fraction of sp³-hybridized carbons (Fsp3) is 0.500. The molecule has 0 unspecified atom stereocenters. The zero-order valence-corrected chi connectivity index (χ0v) is 10.5. The van der Waals surface area contributed by atoms with E-state index >= 15 is 0 Å². The van der Waals surface area contributed by atoms with Crippen LogP contribution in [-0.4, -0.2) is 23.8 Å². The summed E-state index contributed by atoms with van der Waals surface area (Å²) >= 11 is 3.45. The van der Waals surface area contributed by atoms with Gasteiger partial charge in [-0.3, -0.25) is 0 Å². The van der Waals surface area contributed by atoms with Gasteiger partial charge in [0.2, 0.25) is 0 Å². The molecule has 0 atom stereocenters. The van der Waals surface area contributed by atoms with Crippen LogP contribution in [0.25, 0.3) is 0 Å². The average Bonchev–Trinajstić information content (AvgIpc) is 2.15. The van der Waals surface area contributed by atoms with E-state index < -0.39 is 0 Å². The monoisotopic (exact) mass is 255 g/mol. The highest BCUT2D eigenvalue weighted by Crippen LogP contribution is 2.06. The quantitative estimate of drug-likeness (QED) is 0.731. The van der Waals surface area contributed by atoms with E-state index in [1.165, 1.54) is 17.5 Å². The molecule has 1 rings (SSSR count). The molecule has 0 fully saturated rings. The number of hydrogen-bond acceptors (Lipinski definition) is 1. The van der Waals surface area contributed by atoms with Gasteiger partial charge >= 0.3 is 0 Å². The Bertz CT molecular complexity index is 273. The van der Waals surface area contributed by atoms with Crippen LogP contribution in [-0.2, 0) is 6.54 Å². The first-order valence-corrected chi connectivity index (χ1v) is 6.14. The van der Waals surface area contributed by atoms with Crippen LogP contribution in [0.2, 0.25) is 0 Å². The van der Waals surface area contributed by atoms with Crippen LogP contribution in [0.5, 0.6) is 0 Å². The molecule has 1 aromatic rings. The summed E-state index contributed by atoms with van der Waals surface area (Å²) in [5.41, 5.74) is 2.75. The molecule has 0 aliphatic carbocycles. The Morgan fingerprint density at radius 3 is 2.79 bits per heavy atom. The van der Waals surface area contributed by atoms with Crippen LogP contribution in [0.3, 0.4) is 0 Å². The van der Waals surface area contributed by atoms with Gasteiger partial charge in [0.15, 0.2) is 0 Å². The second-order valence-corrected chi connectivity index (χ2v) is 4.56. The molecule has 2 heteroatoms. The third-order valence-electron chi connectivity index (χ3n) is 2.21. The first kappa shape index (κ1) is 11.7. The van der Waals surface area contributed by atoms with Crippen molar-refractivity contribution in [1.29, 1.82) is 0 Å². The van der Waals surface area contributed by atoms with Crippen molar-refractivity contribution >= 4 is 15.9 Å². The van der Waals surface area contributed by atoms with Crippen LogP contribution in [0.15, 0.2) is 24.3 Å². The summed E-state index contributed by atoms with van der Waals surface area (Å²) in [5.74, 6) is 0. The van der Waals surface area contributed by atoms with E-state index in [4.69, 9.17) is 0 Å². The largest absolute Gasteiger partial charge is 0.302 e. The third kappa shape index (κ3) is 4.25. The first-order valence-electron chi connectivity index (χ1n) is 5.02. The molecular weight excluding hydrogens is 238 g/mol. The van der Waals surface area contributed by atoms with E-state index in [0.717, 1.165) is 18.4 Å². The van der Waals surface area contributed by atoms with E-state index in [-0.39, 0.29) is 0 Å².